The maximum Gasteiger partial charge on any atom is 0.328 e. The van der Waals surface area contributed by atoms with E-state index < -0.39 is 5.97 Å². The smallest absolute Gasteiger partial charge is 0.328 e. The number of carboxylic acid groups (broad SMARTS) is 1. The molecule has 114 valence electrons. The van der Waals surface area contributed by atoms with E-state index in [0.29, 0.717) is 5.41 Å². The summed E-state index contributed by atoms with van der Waals surface area (Å²) in [6, 6.07) is 6.27. The monoisotopic (exact) mass is 287 g/mol. The van der Waals surface area contributed by atoms with Gasteiger partial charge in [0.2, 0.25) is 0 Å². The van der Waals surface area contributed by atoms with Gasteiger partial charge in [0, 0.05) is 24.9 Å². The highest BCUT2D eigenvalue weighted by atomic mass is 16.4. The Bertz CT molecular complexity index is 540. The Morgan fingerprint density at radius 1 is 1.38 bits per heavy atom. The van der Waals surface area contributed by atoms with Crippen molar-refractivity contribution in [3.63, 3.8) is 0 Å². The van der Waals surface area contributed by atoms with Crippen molar-refractivity contribution in [2.75, 3.05) is 18.0 Å². The van der Waals surface area contributed by atoms with Gasteiger partial charge < -0.3 is 10.0 Å². The highest BCUT2D eigenvalue weighted by molar-refractivity contribution is 5.87. The summed E-state index contributed by atoms with van der Waals surface area (Å²) >= 11 is 0. The zero-order chi connectivity index (χ0) is 15.5. The van der Waals surface area contributed by atoms with Crippen LogP contribution in [0.15, 0.2) is 24.3 Å². The highest BCUT2D eigenvalue weighted by Crippen LogP contribution is 2.36. The molecule has 0 aliphatic carbocycles. The number of carbonyl (C=O) groups is 1. The molecule has 0 amide bonds. The average Bonchev–Trinajstić information content (AvgIpc) is 2.46. The fraction of sp³-hybridized carbons (Fsp3) is 0.500. The van der Waals surface area contributed by atoms with E-state index in [4.69, 9.17) is 5.11 Å². The predicted molar refractivity (Wildman–Crippen MR) is 87.7 cm³/mol. The van der Waals surface area contributed by atoms with Crippen LogP contribution in [-0.4, -0.2) is 24.2 Å². The molecule has 0 aromatic heterocycles. The van der Waals surface area contributed by atoms with Gasteiger partial charge in [-0.1, -0.05) is 31.9 Å². The van der Waals surface area contributed by atoms with E-state index in [9.17, 15) is 4.79 Å². The minimum absolute atomic E-state index is 0.457. The van der Waals surface area contributed by atoms with Crippen molar-refractivity contribution in [2.24, 2.45) is 5.41 Å². The lowest BCUT2D eigenvalue weighted by atomic mass is 9.78. The third-order valence-corrected chi connectivity index (χ3v) is 4.75. The number of hydrogen-bond donors (Lipinski definition) is 1. The summed E-state index contributed by atoms with van der Waals surface area (Å²) in [5.74, 6) is -0.903. The number of aryl methyl sites for hydroxylation is 1. The Morgan fingerprint density at radius 3 is 2.62 bits per heavy atom. The molecule has 0 atom stereocenters. The summed E-state index contributed by atoms with van der Waals surface area (Å²) in [6.45, 7) is 8.75. The summed E-state index contributed by atoms with van der Waals surface area (Å²) in [5.41, 5.74) is 3.76. The Kier molecular flexibility index (Phi) is 4.71. The molecule has 0 bridgehead atoms. The summed E-state index contributed by atoms with van der Waals surface area (Å²) in [6.07, 6.45) is 6.54. The minimum Gasteiger partial charge on any atom is -0.478 e. The van der Waals surface area contributed by atoms with Crippen LogP contribution in [-0.2, 0) is 4.79 Å². The fourth-order valence-corrected chi connectivity index (χ4v) is 2.90. The van der Waals surface area contributed by atoms with E-state index in [2.05, 4.69) is 36.9 Å². The molecule has 1 aliphatic heterocycles. The van der Waals surface area contributed by atoms with Gasteiger partial charge in [0.1, 0.15) is 0 Å². The second-order valence-corrected chi connectivity index (χ2v) is 6.39. The third-order valence-electron chi connectivity index (χ3n) is 4.75. The molecule has 2 rings (SSSR count). The number of nitrogens with zero attached hydrogens (tertiary/aromatic N) is 1. The Morgan fingerprint density at radius 2 is 2.05 bits per heavy atom. The van der Waals surface area contributed by atoms with Gasteiger partial charge in [0.05, 0.1) is 0 Å². The normalized spacial score (nSPS) is 18.1. The van der Waals surface area contributed by atoms with Crippen LogP contribution < -0.4 is 4.90 Å². The maximum absolute atomic E-state index is 10.8. The van der Waals surface area contributed by atoms with Crippen molar-refractivity contribution in [1.82, 2.24) is 0 Å². The largest absolute Gasteiger partial charge is 0.478 e. The minimum atomic E-state index is -0.903. The number of hydrogen-bond acceptors (Lipinski definition) is 2. The van der Waals surface area contributed by atoms with Crippen molar-refractivity contribution in [3.05, 3.63) is 35.4 Å². The summed E-state index contributed by atoms with van der Waals surface area (Å²) in [4.78, 5) is 13.2. The molecule has 21 heavy (non-hydrogen) atoms. The van der Waals surface area contributed by atoms with Crippen LogP contribution in [0, 0.1) is 12.3 Å². The molecular weight excluding hydrogens is 262 g/mol. The van der Waals surface area contributed by atoms with Gasteiger partial charge in [0.15, 0.2) is 0 Å². The lowest BCUT2D eigenvalue weighted by Gasteiger charge is -2.40. The zero-order valence-corrected chi connectivity index (χ0v) is 13.2. The van der Waals surface area contributed by atoms with Gasteiger partial charge in [-0.05, 0) is 49.0 Å². The van der Waals surface area contributed by atoms with Crippen LogP contribution >= 0.6 is 0 Å². The molecule has 0 spiro atoms. The second kappa shape index (κ2) is 6.33. The Labute approximate surface area is 127 Å². The van der Waals surface area contributed by atoms with Crippen molar-refractivity contribution < 1.29 is 9.90 Å². The molecule has 1 aromatic carbocycles. The molecule has 1 heterocycles. The quantitative estimate of drug-likeness (QED) is 0.847. The van der Waals surface area contributed by atoms with Gasteiger partial charge in [-0.15, -0.1) is 0 Å². The van der Waals surface area contributed by atoms with Gasteiger partial charge in [-0.25, -0.2) is 4.79 Å². The molecule has 1 saturated heterocycles. The summed E-state index contributed by atoms with van der Waals surface area (Å²) < 4.78 is 0. The standard InChI is InChI=1S/C18H25NO2/c1-4-18(3)9-11-19(12-10-18)16-7-5-14(2)13-15(16)6-8-17(20)21/h5-8,13H,4,9-12H2,1-3H3,(H,20,21)/b8-6+. The molecule has 3 nitrogen and oxygen atoms in total. The first-order chi connectivity index (χ1) is 9.93. The van der Waals surface area contributed by atoms with Crippen molar-refractivity contribution in [1.29, 1.82) is 0 Å². The lowest BCUT2D eigenvalue weighted by Crippen LogP contribution is -2.38. The number of rotatable bonds is 4. The highest BCUT2D eigenvalue weighted by Gasteiger charge is 2.28. The van der Waals surface area contributed by atoms with E-state index in [1.165, 1.54) is 25.3 Å². The average molecular weight is 287 g/mol. The summed E-state index contributed by atoms with van der Waals surface area (Å²) in [7, 11) is 0. The molecule has 3 heteroatoms. The number of aliphatic carboxylic acids is 1. The van der Waals surface area contributed by atoms with Gasteiger partial charge >= 0.3 is 5.97 Å². The molecule has 1 N–H and O–H groups in total. The number of piperidine rings is 1. The maximum atomic E-state index is 10.8. The first-order valence-corrected chi connectivity index (χ1v) is 7.70. The molecule has 1 aliphatic rings. The molecular formula is C18H25NO2. The number of benzene rings is 1. The first-order valence-electron chi connectivity index (χ1n) is 7.70. The SMILES string of the molecule is CCC1(C)CCN(c2ccc(C)cc2/C=C/C(=O)O)CC1. The van der Waals surface area contributed by atoms with Crippen LogP contribution in [0.1, 0.15) is 44.2 Å². The van der Waals surface area contributed by atoms with Crippen LogP contribution in [0.5, 0.6) is 0 Å². The van der Waals surface area contributed by atoms with Crippen LogP contribution in [0.3, 0.4) is 0 Å². The van der Waals surface area contributed by atoms with Gasteiger partial charge in [0.25, 0.3) is 0 Å². The third kappa shape index (κ3) is 3.87. The Balaban J connectivity index is 2.22. The van der Waals surface area contributed by atoms with Crippen LogP contribution in [0.2, 0.25) is 0 Å². The molecule has 0 saturated carbocycles. The second-order valence-electron chi connectivity index (χ2n) is 6.39. The van der Waals surface area contributed by atoms with Crippen molar-refractivity contribution >= 4 is 17.7 Å². The molecule has 1 aromatic rings. The van der Waals surface area contributed by atoms with E-state index in [0.717, 1.165) is 29.9 Å². The van der Waals surface area contributed by atoms with E-state index in [1.54, 1.807) is 6.08 Å². The zero-order valence-electron chi connectivity index (χ0n) is 13.2. The van der Waals surface area contributed by atoms with Crippen molar-refractivity contribution in [2.45, 2.75) is 40.0 Å². The summed E-state index contributed by atoms with van der Waals surface area (Å²) in [5, 5.41) is 8.85. The molecule has 0 radical (unpaired) electrons. The Hall–Kier alpha value is -1.77. The molecule has 1 fully saturated rings. The first kappa shape index (κ1) is 15.6. The molecule has 0 unspecified atom stereocenters. The van der Waals surface area contributed by atoms with E-state index >= 15 is 0 Å². The fourth-order valence-electron chi connectivity index (χ4n) is 2.90. The number of carboxylic acids is 1. The van der Waals surface area contributed by atoms with Gasteiger partial charge in [-0.2, -0.15) is 0 Å². The van der Waals surface area contributed by atoms with Crippen LogP contribution in [0.25, 0.3) is 6.08 Å². The van der Waals surface area contributed by atoms with Gasteiger partial charge in [-0.3, -0.25) is 0 Å². The number of anilines is 1. The van der Waals surface area contributed by atoms with Crippen LogP contribution in [0.4, 0.5) is 5.69 Å². The van der Waals surface area contributed by atoms with E-state index in [1.807, 2.05) is 6.92 Å². The van der Waals surface area contributed by atoms with E-state index in [-0.39, 0.29) is 0 Å². The lowest BCUT2D eigenvalue weighted by molar-refractivity contribution is -0.131. The predicted octanol–water partition coefficient (Wildman–Crippen LogP) is 4.11. The van der Waals surface area contributed by atoms with Crippen molar-refractivity contribution in [3.8, 4) is 0 Å². The topological polar surface area (TPSA) is 40.5 Å².